The standard InChI is InChI=1S/C34H37N7O2S/c1-22-17-25(23-9-11-35-12-10-23)5-8-28(22)29-18-26-19-37-34(39-32(26)41(33(29)42)21-31-36-13-16-44-31)38-27-6-3-24(4-7-27)30-20-40(2)14-15-43-30/h3-8,13,16-19,23,30,35H,9-12,14-15,20-21H2,1-2H3,(H,37,38,39). The predicted octanol–water partition coefficient (Wildman–Crippen LogP) is 5.49. The number of piperidine rings is 1. The van der Waals surface area contributed by atoms with Crippen molar-refractivity contribution in [3.05, 3.63) is 98.4 Å². The zero-order valence-corrected chi connectivity index (χ0v) is 25.9. The molecular weight excluding hydrogens is 570 g/mol. The van der Waals surface area contributed by atoms with Crippen LogP contribution in [0.2, 0.25) is 0 Å². The van der Waals surface area contributed by atoms with E-state index in [2.05, 4.69) is 69.8 Å². The maximum absolute atomic E-state index is 14.2. The van der Waals surface area contributed by atoms with E-state index in [1.54, 1.807) is 17.0 Å². The number of benzene rings is 2. The third kappa shape index (κ3) is 6.03. The molecule has 226 valence electrons. The molecule has 0 spiro atoms. The average Bonchev–Trinajstić information content (AvgIpc) is 3.57. The number of rotatable bonds is 7. The molecule has 0 saturated carbocycles. The van der Waals surface area contributed by atoms with Gasteiger partial charge < -0.3 is 20.3 Å². The molecule has 1 atom stereocenters. The fourth-order valence-electron chi connectivity index (χ4n) is 6.31. The third-order valence-corrected chi connectivity index (χ3v) is 9.53. The Balaban J connectivity index is 1.22. The Kier molecular flexibility index (Phi) is 8.22. The van der Waals surface area contributed by atoms with Crippen LogP contribution in [0.4, 0.5) is 11.6 Å². The average molecular weight is 608 g/mol. The molecule has 44 heavy (non-hydrogen) atoms. The van der Waals surface area contributed by atoms with Crippen molar-refractivity contribution in [2.75, 3.05) is 45.2 Å². The van der Waals surface area contributed by atoms with Crippen LogP contribution in [0.1, 0.15) is 46.6 Å². The summed E-state index contributed by atoms with van der Waals surface area (Å²) < 4.78 is 7.70. The third-order valence-electron chi connectivity index (χ3n) is 8.76. The molecule has 2 aliphatic heterocycles. The lowest BCUT2D eigenvalue weighted by atomic mass is 9.87. The van der Waals surface area contributed by atoms with E-state index in [4.69, 9.17) is 9.72 Å². The second-order valence-electron chi connectivity index (χ2n) is 11.8. The first-order valence-corrected chi connectivity index (χ1v) is 16.2. The van der Waals surface area contributed by atoms with E-state index in [9.17, 15) is 4.79 Å². The first-order chi connectivity index (χ1) is 21.5. The Labute approximate surface area is 261 Å². The molecule has 1 unspecified atom stereocenters. The predicted molar refractivity (Wildman–Crippen MR) is 176 cm³/mol. The van der Waals surface area contributed by atoms with Crippen molar-refractivity contribution in [1.29, 1.82) is 0 Å². The molecule has 5 aromatic rings. The number of likely N-dealkylation sites (N-methyl/N-ethyl adjacent to an activating group) is 1. The fourth-order valence-corrected chi connectivity index (χ4v) is 6.92. The largest absolute Gasteiger partial charge is 0.371 e. The SMILES string of the molecule is Cc1cc(C2CCNCC2)ccc1-c1cc2cnc(Nc3ccc(C4CN(C)CCO4)cc3)nc2n(Cc2nccs2)c1=O. The number of nitrogens with one attached hydrogen (secondary N) is 2. The van der Waals surface area contributed by atoms with E-state index >= 15 is 0 Å². The Hall–Kier alpha value is -3.96. The number of nitrogens with zero attached hydrogens (tertiary/aromatic N) is 5. The first-order valence-electron chi connectivity index (χ1n) is 15.3. The smallest absolute Gasteiger partial charge is 0.260 e. The fraction of sp³-hybridized carbons (Fsp3) is 0.353. The van der Waals surface area contributed by atoms with Crippen molar-refractivity contribution in [1.82, 2.24) is 29.7 Å². The summed E-state index contributed by atoms with van der Waals surface area (Å²) in [5.74, 6) is 0.987. The number of ether oxygens (including phenoxy) is 1. The molecule has 3 aromatic heterocycles. The summed E-state index contributed by atoms with van der Waals surface area (Å²) in [6.45, 7) is 7.10. The van der Waals surface area contributed by atoms with E-state index in [-0.39, 0.29) is 11.7 Å². The van der Waals surface area contributed by atoms with Crippen LogP contribution < -0.4 is 16.2 Å². The van der Waals surface area contributed by atoms with Gasteiger partial charge in [0.05, 0.1) is 19.3 Å². The quantitative estimate of drug-likeness (QED) is 0.251. The molecule has 10 heteroatoms. The van der Waals surface area contributed by atoms with Gasteiger partial charge in [-0.3, -0.25) is 9.36 Å². The highest BCUT2D eigenvalue weighted by Gasteiger charge is 2.21. The molecule has 9 nitrogen and oxygen atoms in total. The maximum Gasteiger partial charge on any atom is 0.260 e. The molecule has 2 fully saturated rings. The van der Waals surface area contributed by atoms with Gasteiger partial charge in [0, 0.05) is 47.5 Å². The van der Waals surface area contributed by atoms with Crippen molar-refractivity contribution < 1.29 is 4.74 Å². The van der Waals surface area contributed by atoms with Gasteiger partial charge in [0.15, 0.2) is 0 Å². The first kappa shape index (κ1) is 28.8. The van der Waals surface area contributed by atoms with Crippen LogP contribution in [-0.2, 0) is 11.3 Å². The molecule has 0 aliphatic carbocycles. The van der Waals surface area contributed by atoms with Gasteiger partial charge in [-0.1, -0.05) is 30.3 Å². The monoisotopic (exact) mass is 607 g/mol. The minimum Gasteiger partial charge on any atom is -0.371 e. The van der Waals surface area contributed by atoms with Gasteiger partial charge in [0.25, 0.3) is 5.56 Å². The summed E-state index contributed by atoms with van der Waals surface area (Å²) in [6.07, 6.45) is 5.91. The number of pyridine rings is 1. The Morgan fingerprint density at radius 1 is 1.05 bits per heavy atom. The van der Waals surface area contributed by atoms with Gasteiger partial charge in [-0.05, 0) is 86.3 Å². The molecular formula is C34H37N7O2S. The van der Waals surface area contributed by atoms with Gasteiger partial charge in [-0.15, -0.1) is 11.3 Å². The summed E-state index contributed by atoms with van der Waals surface area (Å²) in [5.41, 5.74) is 6.55. The zero-order valence-electron chi connectivity index (χ0n) is 25.1. The van der Waals surface area contributed by atoms with E-state index in [0.717, 1.165) is 78.4 Å². The topological polar surface area (TPSA) is 97.2 Å². The minimum absolute atomic E-state index is 0.0682. The van der Waals surface area contributed by atoms with Crippen LogP contribution in [0.25, 0.3) is 22.2 Å². The number of hydrogen-bond acceptors (Lipinski definition) is 9. The van der Waals surface area contributed by atoms with Crippen LogP contribution in [0.3, 0.4) is 0 Å². The van der Waals surface area contributed by atoms with Crippen LogP contribution in [0.15, 0.2) is 71.1 Å². The Morgan fingerprint density at radius 3 is 2.61 bits per heavy atom. The lowest BCUT2D eigenvalue weighted by Gasteiger charge is -2.30. The number of aromatic nitrogens is 4. The van der Waals surface area contributed by atoms with Crippen LogP contribution in [0.5, 0.6) is 0 Å². The lowest BCUT2D eigenvalue weighted by Crippen LogP contribution is -2.35. The van der Waals surface area contributed by atoms with E-state index in [1.807, 2.05) is 23.6 Å². The highest BCUT2D eigenvalue weighted by molar-refractivity contribution is 7.09. The molecule has 2 aromatic carbocycles. The van der Waals surface area contributed by atoms with Gasteiger partial charge in [-0.2, -0.15) is 4.98 Å². The van der Waals surface area contributed by atoms with Crippen LogP contribution in [-0.4, -0.2) is 64.3 Å². The number of anilines is 2. The number of aryl methyl sites for hydroxylation is 1. The van der Waals surface area contributed by atoms with E-state index in [1.165, 1.54) is 16.9 Å². The minimum atomic E-state index is -0.0862. The molecule has 0 amide bonds. The summed E-state index contributed by atoms with van der Waals surface area (Å²) >= 11 is 1.53. The molecule has 2 aliphatic rings. The highest BCUT2D eigenvalue weighted by atomic mass is 32.1. The Bertz CT molecular complexity index is 1810. The number of hydrogen-bond donors (Lipinski definition) is 2. The van der Waals surface area contributed by atoms with Gasteiger partial charge >= 0.3 is 0 Å². The van der Waals surface area contributed by atoms with Crippen LogP contribution in [0, 0.1) is 6.92 Å². The van der Waals surface area contributed by atoms with Gasteiger partial charge in [0.2, 0.25) is 5.95 Å². The molecule has 7 rings (SSSR count). The summed E-state index contributed by atoms with van der Waals surface area (Å²) in [6, 6.07) is 16.7. The number of fused-ring (bicyclic) bond motifs is 1. The number of morpholine rings is 1. The lowest BCUT2D eigenvalue weighted by molar-refractivity contribution is -0.0208. The Morgan fingerprint density at radius 2 is 1.86 bits per heavy atom. The molecule has 5 heterocycles. The van der Waals surface area contributed by atoms with Gasteiger partial charge in [-0.25, -0.2) is 9.97 Å². The second-order valence-corrected chi connectivity index (χ2v) is 12.8. The second kappa shape index (κ2) is 12.6. The summed E-state index contributed by atoms with van der Waals surface area (Å²) in [5, 5.41) is 10.4. The summed E-state index contributed by atoms with van der Waals surface area (Å²) in [7, 11) is 2.12. The molecule has 2 N–H and O–H groups in total. The van der Waals surface area contributed by atoms with Crippen molar-refractivity contribution >= 4 is 34.0 Å². The molecule has 2 saturated heterocycles. The van der Waals surface area contributed by atoms with Crippen LogP contribution >= 0.6 is 11.3 Å². The van der Waals surface area contributed by atoms with Crippen molar-refractivity contribution in [3.8, 4) is 11.1 Å². The van der Waals surface area contributed by atoms with Crippen molar-refractivity contribution in [3.63, 3.8) is 0 Å². The zero-order chi connectivity index (χ0) is 30.0. The molecule has 0 bridgehead atoms. The normalized spacial score (nSPS) is 18.1. The van der Waals surface area contributed by atoms with Crippen molar-refractivity contribution in [2.24, 2.45) is 0 Å². The maximum atomic E-state index is 14.2. The van der Waals surface area contributed by atoms with Gasteiger partial charge in [0.1, 0.15) is 10.7 Å². The molecule has 0 radical (unpaired) electrons. The summed E-state index contributed by atoms with van der Waals surface area (Å²) in [4.78, 5) is 30.4. The van der Waals surface area contributed by atoms with E-state index < -0.39 is 0 Å². The van der Waals surface area contributed by atoms with Crippen molar-refractivity contribution in [2.45, 2.75) is 38.3 Å². The highest BCUT2D eigenvalue weighted by Crippen LogP contribution is 2.31. The van der Waals surface area contributed by atoms with E-state index in [0.29, 0.717) is 29.6 Å². The number of thiazole rings is 1.